The Morgan fingerprint density at radius 3 is 2.32 bits per heavy atom. The van der Waals surface area contributed by atoms with E-state index in [9.17, 15) is 22.8 Å². The van der Waals surface area contributed by atoms with Gasteiger partial charge in [0.1, 0.15) is 5.75 Å². The molecule has 0 spiro atoms. The van der Waals surface area contributed by atoms with Gasteiger partial charge in [-0.2, -0.15) is 4.31 Å². The van der Waals surface area contributed by atoms with Crippen molar-refractivity contribution >= 4 is 44.8 Å². The Bertz CT molecular complexity index is 1390. The van der Waals surface area contributed by atoms with Crippen molar-refractivity contribution < 1.29 is 27.5 Å². The highest BCUT2D eigenvalue weighted by molar-refractivity contribution is 7.89. The Hall–Kier alpha value is -3.53. The summed E-state index contributed by atoms with van der Waals surface area (Å²) in [7, 11) is -2.89. The number of fused-ring (bicyclic) bond motifs is 1. The van der Waals surface area contributed by atoms with Crippen LogP contribution in [0.3, 0.4) is 0 Å². The van der Waals surface area contributed by atoms with E-state index in [1.807, 2.05) is 0 Å². The molecular weight excluding hydrogens is 480 g/mol. The van der Waals surface area contributed by atoms with Crippen LogP contribution in [0.15, 0.2) is 77.7 Å². The van der Waals surface area contributed by atoms with Crippen molar-refractivity contribution in [2.45, 2.75) is 10.9 Å². The Kier molecular flexibility index (Phi) is 6.52. The third kappa shape index (κ3) is 4.33. The van der Waals surface area contributed by atoms with E-state index in [-0.39, 0.29) is 26.7 Å². The lowest BCUT2D eigenvalue weighted by atomic mass is 9.95. The average Bonchev–Trinajstić information content (AvgIpc) is 2.84. The van der Waals surface area contributed by atoms with Gasteiger partial charge in [0.2, 0.25) is 15.9 Å². The van der Waals surface area contributed by atoms with Gasteiger partial charge in [0.05, 0.1) is 29.3 Å². The number of carbonyl (C=O) groups is 3. The number of hydrogen-bond acceptors (Lipinski definition) is 6. The van der Waals surface area contributed by atoms with Crippen molar-refractivity contribution in [2.24, 2.45) is 0 Å². The normalized spacial score (nSPS) is 17.0. The van der Waals surface area contributed by atoms with Crippen molar-refractivity contribution in [3.63, 3.8) is 0 Å². The van der Waals surface area contributed by atoms with Crippen molar-refractivity contribution in [2.75, 3.05) is 19.0 Å². The van der Waals surface area contributed by atoms with Crippen LogP contribution in [0.1, 0.15) is 20.7 Å². The standard InChI is InChI=1S/C24H19ClN2O6S/c1-33-16-12-10-15(11-13-16)23(29)22-24(30)17-6-2-5-9-20(17)34(31,32)27(22)14-21(28)26-19-8-4-3-7-18(19)25/h2-13,22H,14H2,1H3,(H,26,28). The molecule has 174 valence electrons. The molecular formula is C24H19ClN2O6S. The zero-order valence-electron chi connectivity index (χ0n) is 17.9. The first kappa shape index (κ1) is 23.6. The number of para-hydroxylation sites is 1. The van der Waals surface area contributed by atoms with Gasteiger partial charge in [0.15, 0.2) is 17.6 Å². The summed E-state index contributed by atoms with van der Waals surface area (Å²) in [6.45, 7) is -0.764. The zero-order chi connectivity index (χ0) is 24.5. The van der Waals surface area contributed by atoms with Crippen LogP contribution in [0.2, 0.25) is 5.02 Å². The quantitative estimate of drug-likeness (QED) is 0.412. The summed E-state index contributed by atoms with van der Waals surface area (Å²) in [5.41, 5.74) is 0.274. The predicted molar refractivity (Wildman–Crippen MR) is 126 cm³/mol. The second-order valence-electron chi connectivity index (χ2n) is 7.43. The first-order chi connectivity index (χ1) is 16.2. The maximum absolute atomic E-state index is 13.4. The molecule has 1 aliphatic rings. The molecule has 10 heteroatoms. The van der Waals surface area contributed by atoms with E-state index in [1.165, 1.54) is 55.6 Å². The maximum Gasteiger partial charge on any atom is 0.245 e. The predicted octanol–water partition coefficient (Wildman–Crippen LogP) is 3.43. The van der Waals surface area contributed by atoms with Crippen LogP contribution in [0.5, 0.6) is 5.75 Å². The fraction of sp³-hybridized carbons (Fsp3) is 0.125. The minimum Gasteiger partial charge on any atom is -0.497 e. The summed E-state index contributed by atoms with van der Waals surface area (Å²) < 4.78 is 32.6. The molecule has 1 aliphatic heterocycles. The molecule has 0 radical (unpaired) electrons. The molecule has 0 bridgehead atoms. The van der Waals surface area contributed by atoms with Gasteiger partial charge < -0.3 is 10.1 Å². The van der Waals surface area contributed by atoms with E-state index < -0.39 is 40.1 Å². The second kappa shape index (κ2) is 9.38. The van der Waals surface area contributed by atoms with Crippen molar-refractivity contribution in [1.29, 1.82) is 0 Å². The van der Waals surface area contributed by atoms with Crippen LogP contribution in [0.4, 0.5) is 5.69 Å². The zero-order valence-corrected chi connectivity index (χ0v) is 19.5. The smallest absolute Gasteiger partial charge is 0.245 e. The number of ether oxygens (including phenoxy) is 1. The van der Waals surface area contributed by atoms with Crippen LogP contribution in [0, 0.1) is 0 Å². The van der Waals surface area contributed by atoms with E-state index in [0.717, 1.165) is 0 Å². The van der Waals surface area contributed by atoms with Crippen LogP contribution in [-0.4, -0.2) is 49.9 Å². The van der Waals surface area contributed by atoms with Crippen LogP contribution in [-0.2, 0) is 14.8 Å². The molecule has 0 aromatic heterocycles. The van der Waals surface area contributed by atoms with Crippen molar-refractivity contribution in [1.82, 2.24) is 4.31 Å². The molecule has 0 fully saturated rings. The maximum atomic E-state index is 13.4. The van der Waals surface area contributed by atoms with Gasteiger partial charge in [-0.15, -0.1) is 0 Å². The Morgan fingerprint density at radius 1 is 1.00 bits per heavy atom. The summed E-state index contributed by atoms with van der Waals surface area (Å²) in [6.07, 6.45) is 0. The largest absolute Gasteiger partial charge is 0.497 e. The van der Waals surface area contributed by atoms with Gasteiger partial charge in [-0.25, -0.2) is 8.42 Å². The topological polar surface area (TPSA) is 110 Å². The molecule has 1 atom stereocenters. The highest BCUT2D eigenvalue weighted by atomic mass is 35.5. The minimum atomic E-state index is -4.36. The summed E-state index contributed by atoms with van der Waals surface area (Å²) in [6, 6.07) is 16.2. The fourth-order valence-electron chi connectivity index (χ4n) is 3.67. The van der Waals surface area contributed by atoms with Gasteiger partial charge in [-0.1, -0.05) is 35.9 Å². The average molecular weight is 499 g/mol. The lowest BCUT2D eigenvalue weighted by Crippen LogP contribution is -2.55. The van der Waals surface area contributed by atoms with Crippen LogP contribution in [0.25, 0.3) is 0 Å². The summed E-state index contributed by atoms with van der Waals surface area (Å²) in [4.78, 5) is 39.3. The molecule has 4 rings (SSSR count). The molecule has 8 nitrogen and oxygen atoms in total. The fourth-order valence-corrected chi connectivity index (χ4v) is 5.56. The molecule has 3 aromatic carbocycles. The van der Waals surface area contributed by atoms with E-state index in [2.05, 4.69) is 5.32 Å². The van der Waals surface area contributed by atoms with Gasteiger partial charge >= 0.3 is 0 Å². The number of amides is 1. The number of hydrogen-bond donors (Lipinski definition) is 1. The van der Waals surface area contributed by atoms with Crippen molar-refractivity contribution in [3.05, 3.63) is 88.9 Å². The number of methoxy groups -OCH3 is 1. The number of sulfonamides is 1. The molecule has 3 aromatic rings. The Balaban J connectivity index is 1.74. The summed E-state index contributed by atoms with van der Waals surface area (Å²) in [5.74, 6) is -1.73. The first-order valence-corrected chi connectivity index (χ1v) is 11.9. The molecule has 0 saturated carbocycles. The van der Waals surface area contributed by atoms with E-state index in [0.29, 0.717) is 10.1 Å². The number of rotatable bonds is 6. The number of nitrogens with zero attached hydrogens (tertiary/aromatic N) is 1. The van der Waals surface area contributed by atoms with E-state index >= 15 is 0 Å². The number of ketones is 2. The minimum absolute atomic E-state index is 0.0999. The van der Waals surface area contributed by atoms with Crippen molar-refractivity contribution in [3.8, 4) is 5.75 Å². The highest BCUT2D eigenvalue weighted by Crippen LogP contribution is 2.32. The SMILES string of the molecule is COc1ccc(C(=O)C2C(=O)c3ccccc3S(=O)(=O)N2CC(=O)Nc2ccccc2Cl)cc1. The number of benzene rings is 3. The lowest BCUT2D eigenvalue weighted by Gasteiger charge is -2.33. The van der Waals surface area contributed by atoms with Gasteiger partial charge in [0.25, 0.3) is 0 Å². The highest BCUT2D eigenvalue weighted by Gasteiger charge is 2.48. The van der Waals surface area contributed by atoms with E-state index in [1.54, 1.807) is 24.3 Å². The summed E-state index contributed by atoms with van der Waals surface area (Å²) >= 11 is 6.08. The Labute approximate surface area is 201 Å². The van der Waals surface area contributed by atoms with Gasteiger partial charge in [0, 0.05) is 11.1 Å². The molecule has 0 saturated heterocycles. The van der Waals surface area contributed by atoms with Gasteiger partial charge in [-0.3, -0.25) is 14.4 Å². The molecule has 1 unspecified atom stereocenters. The molecule has 1 amide bonds. The lowest BCUT2D eigenvalue weighted by molar-refractivity contribution is -0.116. The number of halogens is 1. The Morgan fingerprint density at radius 2 is 1.65 bits per heavy atom. The monoisotopic (exact) mass is 498 g/mol. The number of carbonyl (C=O) groups excluding carboxylic acids is 3. The molecule has 0 aliphatic carbocycles. The van der Waals surface area contributed by atoms with Crippen LogP contribution < -0.4 is 10.1 Å². The second-order valence-corrected chi connectivity index (χ2v) is 9.70. The first-order valence-electron chi connectivity index (χ1n) is 10.1. The third-order valence-electron chi connectivity index (χ3n) is 5.35. The molecule has 1 N–H and O–H groups in total. The van der Waals surface area contributed by atoms with E-state index in [4.69, 9.17) is 16.3 Å². The van der Waals surface area contributed by atoms with Crippen LogP contribution >= 0.6 is 11.6 Å². The molecule has 1 heterocycles. The number of anilines is 1. The van der Waals surface area contributed by atoms with Gasteiger partial charge in [-0.05, 0) is 48.5 Å². The third-order valence-corrected chi connectivity index (χ3v) is 7.54. The molecule has 34 heavy (non-hydrogen) atoms. The number of nitrogens with one attached hydrogen (secondary N) is 1. The number of Topliss-reactive ketones (excluding diaryl/α,β-unsaturated/α-hetero) is 2. The summed E-state index contributed by atoms with van der Waals surface area (Å²) in [5, 5.41) is 2.79.